The Hall–Kier alpha value is -0.420. The summed E-state index contributed by atoms with van der Waals surface area (Å²) in [4.78, 5) is 28.9. The molecule has 0 spiro atoms. The van der Waals surface area contributed by atoms with Crippen LogP contribution in [-0.2, 0) is 18.6 Å². The maximum atomic E-state index is 11.9. The lowest BCUT2D eigenvalue weighted by Gasteiger charge is -2.06. The second kappa shape index (κ2) is 49.7. The van der Waals surface area contributed by atoms with Crippen molar-refractivity contribution in [3.8, 4) is 0 Å². The summed E-state index contributed by atoms with van der Waals surface area (Å²) >= 11 is 0. The Labute approximate surface area is 344 Å². The summed E-state index contributed by atoms with van der Waals surface area (Å²) in [6.45, 7) is 7.63. The molecule has 0 aromatic rings. The molecule has 0 aliphatic carbocycles. The number of unbranched alkanes of at least 4 members (excludes halogenated alkanes) is 38. The van der Waals surface area contributed by atoms with Crippen LogP contribution in [0.1, 0.15) is 290 Å². The molecule has 0 heterocycles. The van der Waals surface area contributed by atoms with Crippen molar-refractivity contribution in [1.29, 1.82) is 0 Å². The minimum absolute atomic E-state index is 0.0257. The van der Waals surface area contributed by atoms with Gasteiger partial charge in [-0.25, -0.2) is 4.57 Å². The molecule has 0 atom stereocenters. The number of phosphoric acid groups is 1. The van der Waals surface area contributed by atoms with Gasteiger partial charge in [0, 0.05) is 6.42 Å². The third-order valence-corrected chi connectivity index (χ3v) is 11.5. The first-order valence-corrected chi connectivity index (χ1v) is 26.3. The largest absolute Gasteiger partial charge is 0.469 e. The predicted molar refractivity (Wildman–Crippen MR) is 240 cm³/mol. The van der Waals surface area contributed by atoms with E-state index in [0.29, 0.717) is 13.0 Å². The van der Waals surface area contributed by atoms with Crippen molar-refractivity contribution in [3.05, 3.63) is 0 Å². The van der Waals surface area contributed by atoms with Crippen LogP contribution in [0.2, 0.25) is 0 Å². The van der Waals surface area contributed by atoms with Gasteiger partial charge in [-0.05, 0) is 19.3 Å². The molecule has 0 saturated heterocycles. The highest BCUT2D eigenvalue weighted by atomic mass is 31.2. The van der Waals surface area contributed by atoms with Crippen molar-refractivity contribution in [1.82, 2.24) is 0 Å². The number of hydrogen-bond donors (Lipinski definition) is 2. The van der Waals surface area contributed by atoms with E-state index in [1.165, 1.54) is 231 Å². The van der Waals surface area contributed by atoms with Crippen LogP contribution >= 0.6 is 7.82 Å². The number of ether oxygens (including phenoxy) is 1. The van der Waals surface area contributed by atoms with E-state index in [9.17, 15) is 9.36 Å². The molecule has 0 aliphatic heterocycles. The van der Waals surface area contributed by atoms with Crippen LogP contribution < -0.4 is 0 Å². The summed E-state index contributed by atoms with van der Waals surface area (Å²) in [7, 11) is -4.25. The lowest BCUT2D eigenvalue weighted by Crippen LogP contribution is -2.05. The molecule has 0 unspecified atom stereocenters. The fraction of sp³-hybridized carbons (Fsp3) is 0.979. The molecule has 55 heavy (non-hydrogen) atoms. The number of carbonyl (C=O) groups excluding carboxylic acids is 1. The van der Waals surface area contributed by atoms with Crippen molar-refractivity contribution in [2.45, 2.75) is 290 Å². The summed E-state index contributed by atoms with van der Waals surface area (Å²) in [6, 6.07) is 0. The molecule has 332 valence electrons. The summed E-state index contributed by atoms with van der Waals surface area (Å²) in [6.07, 6.45) is 54.9. The lowest BCUT2D eigenvalue weighted by molar-refractivity contribution is -0.143. The van der Waals surface area contributed by atoms with Crippen LogP contribution in [0.4, 0.5) is 0 Å². The van der Waals surface area contributed by atoms with Crippen LogP contribution in [0.15, 0.2) is 0 Å². The molecule has 0 fully saturated rings. The van der Waals surface area contributed by atoms with Gasteiger partial charge in [0.05, 0.1) is 13.2 Å². The van der Waals surface area contributed by atoms with Crippen molar-refractivity contribution in [3.63, 3.8) is 0 Å². The number of rotatable bonds is 45. The van der Waals surface area contributed by atoms with Crippen molar-refractivity contribution >= 4 is 13.8 Å². The molecule has 0 saturated carbocycles. The SMILES string of the molecule is CCCCCCCCCCCCCCCCOC(=O)CCCCCCCCCCCCCCC.CCCCCCCCCCCCCCCCOP(=O)(O)O. The fourth-order valence-electron chi connectivity index (χ4n) is 7.32. The van der Waals surface area contributed by atoms with E-state index in [4.69, 9.17) is 14.5 Å². The molecule has 6 nitrogen and oxygen atoms in total. The Balaban J connectivity index is 0. The van der Waals surface area contributed by atoms with Crippen LogP contribution in [0, 0.1) is 0 Å². The van der Waals surface area contributed by atoms with E-state index in [1.807, 2.05) is 0 Å². The zero-order valence-electron chi connectivity index (χ0n) is 37.6. The summed E-state index contributed by atoms with van der Waals surface area (Å²) in [5, 5.41) is 0. The predicted octanol–water partition coefficient (Wildman–Crippen LogP) is 17.1. The first kappa shape index (κ1) is 56.7. The second-order valence-electron chi connectivity index (χ2n) is 16.7. The van der Waals surface area contributed by atoms with Crippen molar-refractivity contribution in [2.24, 2.45) is 0 Å². The number of phosphoric ester groups is 1. The van der Waals surface area contributed by atoms with Gasteiger partial charge in [0.2, 0.25) is 0 Å². The molecule has 0 rings (SSSR count). The number of carbonyl (C=O) groups is 1. The Morgan fingerprint density at radius 1 is 0.345 bits per heavy atom. The first-order chi connectivity index (χ1) is 26.9. The maximum Gasteiger partial charge on any atom is 0.469 e. The molecule has 7 heteroatoms. The first-order valence-electron chi connectivity index (χ1n) is 24.7. The minimum Gasteiger partial charge on any atom is -0.466 e. The summed E-state index contributed by atoms with van der Waals surface area (Å²) < 4.78 is 20.3. The maximum absolute atomic E-state index is 11.9. The molecule has 0 amide bonds. The molecule has 0 aromatic heterocycles. The van der Waals surface area contributed by atoms with Gasteiger partial charge in [-0.1, -0.05) is 265 Å². The van der Waals surface area contributed by atoms with Crippen molar-refractivity contribution in [2.75, 3.05) is 13.2 Å². The summed E-state index contributed by atoms with van der Waals surface area (Å²) in [5.41, 5.74) is 0. The van der Waals surface area contributed by atoms with Gasteiger partial charge in [0.1, 0.15) is 0 Å². The van der Waals surface area contributed by atoms with Gasteiger partial charge >= 0.3 is 13.8 Å². The molecule has 0 radical (unpaired) electrons. The summed E-state index contributed by atoms with van der Waals surface area (Å²) in [5.74, 6) is 0.0257. The standard InChI is InChI=1S/C32H64O2.C16H35O4P/c1-3-5-7-9-11-13-15-17-19-21-23-25-27-29-31-34-32(33)30-28-26-24-22-20-18-16-14-12-10-8-6-4-2;1-2-3-4-5-6-7-8-9-10-11-12-13-14-15-16-20-21(17,18)19/h3-31H2,1-2H3;2-16H2,1H3,(H2,17,18,19). The monoisotopic (exact) mass is 803 g/mol. The smallest absolute Gasteiger partial charge is 0.466 e. The van der Waals surface area contributed by atoms with Gasteiger partial charge in [0.25, 0.3) is 0 Å². The van der Waals surface area contributed by atoms with E-state index in [-0.39, 0.29) is 12.6 Å². The molecule has 0 bridgehead atoms. The lowest BCUT2D eigenvalue weighted by atomic mass is 10.0. The molecular formula is C48H99O6P. The fourth-order valence-corrected chi connectivity index (χ4v) is 7.69. The van der Waals surface area contributed by atoms with Gasteiger partial charge in [0.15, 0.2) is 0 Å². The van der Waals surface area contributed by atoms with Crippen LogP contribution in [0.5, 0.6) is 0 Å². The average molecular weight is 803 g/mol. The van der Waals surface area contributed by atoms with E-state index in [0.717, 1.165) is 32.1 Å². The highest BCUT2D eigenvalue weighted by Crippen LogP contribution is 2.35. The van der Waals surface area contributed by atoms with E-state index >= 15 is 0 Å². The topological polar surface area (TPSA) is 93.1 Å². The average Bonchev–Trinajstić information content (AvgIpc) is 3.16. The molecular weight excluding hydrogens is 703 g/mol. The Bertz CT molecular complexity index is 757. The quantitative estimate of drug-likeness (QED) is 0.0362. The Morgan fingerprint density at radius 2 is 0.564 bits per heavy atom. The van der Waals surface area contributed by atoms with Crippen LogP contribution in [-0.4, -0.2) is 29.0 Å². The van der Waals surface area contributed by atoms with Gasteiger partial charge in [-0.3, -0.25) is 9.32 Å². The van der Waals surface area contributed by atoms with Crippen LogP contribution in [0.3, 0.4) is 0 Å². The van der Waals surface area contributed by atoms with E-state index in [1.54, 1.807) is 0 Å². The molecule has 0 aliphatic rings. The molecule has 0 aromatic carbocycles. The van der Waals surface area contributed by atoms with E-state index < -0.39 is 7.82 Å². The zero-order valence-corrected chi connectivity index (χ0v) is 38.5. The molecule has 2 N–H and O–H groups in total. The van der Waals surface area contributed by atoms with Crippen LogP contribution in [0.25, 0.3) is 0 Å². The highest BCUT2D eigenvalue weighted by molar-refractivity contribution is 7.46. The number of esters is 1. The van der Waals surface area contributed by atoms with Crippen molar-refractivity contribution < 1.29 is 28.4 Å². The minimum atomic E-state index is -4.25. The van der Waals surface area contributed by atoms with Gasteiger partial charge in [-0.15, -0.1) is 0 Å². The van der Waals surface area contributed by atoms with E-state index in [2.05, 4.69) is 25.3 Å². The third-order valence-electron chi connectivity index (χ3n) is 11.0. The van der Waals surface area contributed by atoms with Gasteiger partial charge in [-0.2, -0.15) is 0 Å². The third kappa shape index (κ3) is 58.0. The van der Waals surface area contributed by atoms with Gasteiger partial charge < -0.3 is 14.5 Å². The number of hydrogen-bond acceptors (Lipinski definition) is 4. The zero-order chi connectivity index (χ0) is 40.6. The second-order valence-corrected chi connectivity index (χ2v) is 18.0. The normalized spacial score (nSPS) is 11.5. The Kier molecular flexibility index (Phi) is 51.2. The highest BCUT2D eigenvalue weighted by Gasteiger charge is 2.12. The Morgan fingerprint density at radius 3 is 0.818 bits per heavy atom.